The van der Waals surface area contributed by atoms with E-state index in [2.05, 4.69) is 22.8 Å². The molecule has 2 aromatic rings. The predicted molar refractivity (Wildman–Crippen MR) is 93.4 cm³/mol. The number of rotatable bonds is 4. The second-order valence-corrected chi connectivity index (χ2v) is 5.46. The number of benzene rings is 2. The van der Waals surface area contributed by atoms with Crippen LogP contribution < -0.4 is 10.6 Å². The van der Waals surface area contributed by atoms with Crippen LogP contribution >= 0.6 is 12.4 Å². The number of hydrogen-bond acceptors (Lipinski definition) is 2. The van der Waals surface area contributed by atoms with Gasteiger partial charge in [0.05, 0.1) is 0 Å². The van der Waals surface area contributed by atoms with Crippen LogP contribution in [0.5, 0.6) is 0 Å². The molecule has 1 amide bonds. The Balaban J connectivity index is 0.00000176. The van der Waals surface area contributed by atoms with Gasteiger partial charge in [-0.15, -0.1) is 12.4 Å². The van der Waals surface area contributed by atoms with Crippen molar-refractivity contribution in [1.29, 1.82) is 0 Å². The fourth-order valence-corrected chi connectivity index (χ4v) is 2.82. The lowest BCUT2D eigenvalue weighted by Gasteiger charge is -2.13. The Morgan fingerprint density at radius 2 is 1.82 bits per heavy atom. The summed E-state index contributed by atoms with van der Waals surface area (Å²) >= 11 is 0. The summed E-state index contributed by atoms with van der Waals surface area (Å²) in [4.78, 5) is 12.2. The first-order valence-electron chi connectivity index (χ1n) is 7.50. The summed E-state index contributed by atoms with van der Waals surface area (Å²) in [6, 6.07) is 18.4. The van der Waals surface area contributed by atoms with E-state index in [-0.39, 0.29) is 18.3 Å². The van der Waals surface area contributed by atoms with E-state index < -0.39 is 0 Å². The largest absolute Gasteiger partial charge is 0.325 e. The quantitative estimate of drug-likeness (QED) is 0.899. The van der Waals surface area contributed by atoms with Gasteiger partial charge >= 0.3 is 0 Å². The standard InChI is InChI=1S/C18H20N2O.ClH/c21-18(13-15-9-6-12-19-15)20-17-11-5-4-10-16(17)14-7-2-1-3-8-14;/h1-5,7-8,10-11,15,19H,6,9,12-13H2,(H,20,21);1H. The lowest BCUT2D eigenvalue weighted by molar-refractivity contribution is -0.116. The van der Waals surface area contributed by atoms with Crippen molar-refractivity contribution in [1.82, 2.24) is 5.32 Å². The van der Waals surface area contributed by atoms with E-state index in [0.717, 1.165) is 29.8 Å². The van der Waals surface area contributed by atoms with E-state index in [4.69, 9.17) is 0 Å². The number of carbonyl (C=O) groups is 1. The van der Waals surface area contributed by atoms with Crippen LogP contribution in [-0.4, -0.2) is 18.5 Å². The van der Waals surface area contributed by atoms with Crippen molar-refractivity contribution in [3.8, 4) is 11.1 Å². The normalized spacial score (nSPS) is 16.8. The Kier molecular flexibility index (Phi) is 5.99. The number of carbonyl (C=O) groups excluding carboxylic acids is 1. The Morgan fingerprint density at radius 1 is 1.09 bits per heavy atom. The third-order valence-corrected chi connectivity index (χ3v) is 3.88. The summed E-state index contributed by atoms with van der Waals surface area (Å²) in [6.45, 7) is 1.03. The first-order valence-corrected chi connectivity index (χ1v) is 7.50. The number of para-hydroxylation sites is 1. The molecule has 22 heavy (non-hydrogen) atoms. The van der Waals surface area contributed by atoms with Crippen LogP contribution in [0.2, 0.25) is 0 Å². The molecule has 1 aliphatic heterocycles. The predicted octanol–water partition coefficient (Wildman–Crippen LogP) is 3.86. The van der Waals surface area contributed by atoms with E-state index in [1.165, 1.54) is 6.42 Å². The summed E-state index contributed by atoms with van der Waals surface area (Å²) < 4.78 is 0. The molecule has 3 nitrogen and oxygen atoms in total. The average molecular weight is 317 g/mol. The van der Waals surface area contributed by atoms with Gasteiger partial charge in [0, 0.05) is 23.7 Å². The molecule has 3 rings (SSSR count). The van der Waals surface area contributed by atoms with Crippen molar-refractivity contribution >= 4 is 24.0 Å². The fourth-order valence-electron chi connectivity index (χ4n) is 2.82. The minimum atomic E-state index is 0. The number of nitrogens with one attached hydrogen (secondary N) is 2. The topological polar surface area (TPSA) is 41.1 Å². The Morgan fingerprint density at radius 3 is 2.55 bits per heavy atom. The molecular weight excluding hydrogens is 296 g/mol. The van der Waals surface area contributed by atoms with Crippen LogP contribution in [0.1, 0.15) is 19.3 Å². The van der Waals surface area contributed by atoms with Crippen LogP contribution in [0.15, 0.2) is 54.6 Å². The molecule has 0 saturated carbocycles. The summed E-state index contributed by atoms with van der Waals surface area (Å²) in [5, 5.41) is 6.42. The highest BCUT2D eigenvalue weighted by Crippen LogP contribution is 2.27. The number of hydrogen-bond donors (Lipinski definition) is 2. The van der Waals surface area contributed by atoms with Gasteiger partial charge in [0.25, 0.3) is 0 Å². The SMILES string of the molecule is Cl.O=C(CC1CCCN1)Nc1ccccc1-c1ccccc1. The average Bonchev–Trinajstić information content (AvgIpc) is 3.01. The Bertz CT molecular complexity index is 609. The minimum Gasteiger partial charge on any atom is -0.325 e. The van der Waals surface area contributed by atoms with E-state index in [9.17, 15) is 4.79 Å². The molecule has 2 aromatic carbocycles. The molecule has 0 aromatic heterocycles. The zero-order valence-corrected chi connectivity index (χ0v) is 13.2. The maximum absolute atomic E-state index is 12.2. The van der Waals surface area contributed by atoms with Crippen LogP contribution in [0.4, 0.5) is 5.69 Å². The summed E-state index contributed by atoms with van der Waals surface area (Å²) in [6.07, 6.45) is 2.80. The molecule has 1 unspecified atom stereocenters. The molecule has 4 heteroatoms. The fraction of sp³-hybridized carbons (Fsp3) is 0.278. The highest BCUT2D eigenvalue weighted by atomic mass is 35.5. The summed E-state index contributed by atoms with van der Waals surface area (Å²) in [7, 11) is 0. The third-order valence-electron chi connectivity index (χ3n) is 3.88. The van der Waals surface area contributed by atoms with Crippen molar-refractivity contribution in [3.63, 3.8) is 0 Å². The Labute approximate surface area is 137 Å². The van der Waals surface area contributed by atoms with Gasteiger partial charge in [0.2, 0.25) is 5.91 Å². The summed E-state index contributed by atoms with van der Waals surface area (Å²) in [5.41, 5.74) is 3.06. The van der Waals surface area contributed by atoms with E-state index in [0.29, 0.717) is 12.5 Å². The second-order valence-electron chi connectivity index (χ2n) is 5.46. The van der Waals surface area contributed by atoms with Gasteiger partial charge in [-0.2, -0.15) is 0 Å². The molecule has 0 spiro atoms. The Hall–Kier alpha value is -1.84. The van der Waals surface area contributed by atoms with Gasteiger partial charge in [-0.05, 0) is 31.0 Å². The first-order chi connectivity index (χ1) is 10.3. The van der Waals surface area contributed by atoms with Gasteiger partial charge in [-0.25, -0.2) is 0 Å². The molecule has 0 radical (unpaired) electrons. The van der Waals surface area contributed by atoms with Crippen molar-refractivity contribution < 1.29 is 4.79 Å². The van der Waals surface area contributed by atoms with Gasteiger partial charge in [0.15, 0.2) is 0 Å². The van der Waals surface area contributed by atoms with Crippen molar-refractivity contribution in [2.75, 3.05) is 11.9 Å². The minimum absolute atomic E-state index is 0. The molecule has 1 aliphatic rings. The first kappa shape index (κ1) is 16.5. The van der Waals surface area contributed by atoms with Crippen molar-refractivity contribution in [3.05, 3.63) is 54.6 Å². The molecule has 2 N–H and O–H groups in total. The highest BCUT2D eigenvalue weighted by molar-refractivity contribution is 5.95. The van der Waals surface area contributed by atoms with E-state index in [1.807, 2.05) is 42.5 Å². The smallest absolute Gasteiger partial charge is 0.225 e. The molecule has 116 valence electrons. The monoisotopic (exact) mass is 316 g/mol. The van der Waals surface area contributed by atoms with Crippen LogP contribution in [-0.2, 0) is 4.79 Å². The maximum Gasteiger partial charge on any atom is 0.225 e. The van der Waals surface area contributed by atoms with Gasteiger partial charge in [-0.3, -0.25) is 4.79 Å². The molecule has 0 bridgehead atoms. The van der Waals surface area contributed by atoms with Gasteiger partial charge in [-0.1, -0.05) is 48.5 Å². The third kappa shape index (κ3) is 4.09. The lowest BCUT2D eigenvalue weighted by atomic mass is 10.0. The number of amides is 1. The van der Waals surface area contributed by atoms with Crippen LogP contribution in [0.3, 0.4) is 0 Å². The molecule has 1 saturated heterocycles. The number of halogens is 1. The zero-order valence-electron chi connectivity index (χ0n) is 12.4. The van der Waals surface area contributed by atoms with Gasteiger partial charge in [0.1, 0.15) is 0 Å². The lowest BCUT2D eigenvalue weighted by Crippen LogP contribution is -2.27. The molecule has 1 heterocycles. The van der Waals surface area contributed by atoms with E-state index in [1.54, 1.807) is 0 Å². The van der Waals surface area contributed by atoms with Crippen molar-refractivity contribution in [2.45, 2.75) is 25.3 Å². The summed E-state index contributed by atoms with van der Waals surface area (Å²) in [5.74, 6) is 0.0813. The zero-order chi connectivity index (χ0) is 14.5. The molecule has 0 aliphatic carbocycles. The van der Waals surface area contributed by atoms with Gasteiger partial charge < -0.3 is 10.6 Å². The van der Waals surface area contributed by atoms with Crippen LogP contribution in [0, 0.1) is 0 Å². The molecular formula is C18H21ClN2O. The second kappa shape index (κ2) is 7.97. The van der Waals surface area contributed by atoms with Crippen molar-refractivity contribution in [2.24, 2.45) is 0 Å². The highest BCUT2D eigenvalue weighted by Gasteiger charge is 2.18. The molecule has 1 atom stereocenters. The van der Waals surface area contributed by atoms with E-state index >= 15 is 0 Å². The maximum atomic E-state index is 12.2. The molecule has 1 fully saturated rings. The van der Waals surface area contributed by atoms with Crippen LogP contribution in [0.25, 0.3) is 11.1 Å². The number of anilines is 1.